The molecular weight excluding hydrogens is 424 g/mol. The molecule has 8 heteroatoms. The first-order valence-electron chi connectivity index (χ1n) is 11.0. The molecule has 1 aromatic carbocycles. The fraction of sp³-hybridized carbons (Fsp3) is 0.417. The standard InChI is InChI=1S/C24H30N4O3S/c1-4-11-28-18(2)14-20(19(28)3)15-21(17-25)24(29)26-22-9-8-10-23(16-22)32(30,31)27-12-6-5-7-13-27/h8-10,14-16H,4-7,11-13H2,1-3H3,(H,26,29). The van der Waals surface area contributed by atoms with E-state index < -0.39 is 15.9 Å². The number of nitrogens with one attached hydrogen (secondary N) is 1. The van der Waals surface area contributed by atoms with Crippen molar-refractivity contribution in [2.24, 2.45) is 0 Å². The first-order valence-corrected chi connectivity index (χ1v) is 12.4. The van der Waals surface area contributed by atoms with Gasteiger partial charge in [0.2, 0.25) is 10.0 Å². The van der Waals surface area contributed by atoms with Crippen LogP contribution in [-0.4, -0.2) is 36.3 Å². The van der Waals surface area contributed by atoms with Crippen LogP contribution in [0.2, 0.25) is 0 Å². The number of nitrogens with zero attached hydrogens (tertiary/aromatic N) is 3. The molecule has 7 nitrogen and oxygen atoms in total. The third-order valence-electron chi connectivity index (χ3n) is 5.77. The maximum atomic E-state index is 12.9. The minimum absolute atomic E-state index is 0.0361. The maximum absolute atomic E-state index is 12.9. The molecule has 1 amide bonds. The number of hydrogen-bond acceptors (Lipinski definition) is 4. The number of carbonyl (C=O) groups is 1. The second kappa shape index (κ2) is 10.2. The van der Waals surface area contributed by atoms with Gasteiger partial charge >= 0.3 is 0 Å². The predicted molar refractivity (Wildman–Crippen MR) is 125 cm³/mol. The lowest BCUT2D eigenvalue weighted by atomic mass is 10.1. The van der Waals surface area contributed by atoms with E-state index in [2.05, 4.69) is 16.8 Å². The molecular formula is C24H30N4O3S. The molecule has 1 saturated heterocycles. The first kappa shape index (κ1) is 23.8. The van der Waals surface area contributed by atoms with Crippen molar-refractivity contribution in [3.05, 3.63) is 52.9 Å². The fourth-order valence-corrected chi connectivity index (χ4v) is 5.60. The molecule has 0 radical (unpaired) electrons. The van der Waals surface area contributed by atoms with Gasteiger partial charge in [-0.25, -0.2) is 8.42 Å². The molecule has 0 spiro atoms. The molecule has 2 aromatic rings. The van der Waals surface area contributed by atoms with Crippen molar-refractivity contribution < 1.29 is 13.2 Å². The molecule has 1 aromatic heterocycles. The summed E-state index contributed by atoms with van der Waals surface area (Å²) >= 11 is 0. The minimum Gasteiger partial charge on any atom is -0.349 e. The number of piperidine rings is 1. The molecule has 0 unspecified atom stereocenters. The Morgan fingerprint density at radius 2 is 1.91 bits per heavy atom. The van der Waals surface area contributed by atoms with E-state index in [9.17, 15) is 18.5 Å². The number of aromatic nitrogens is 1. The lowest BCUT2D eigenvalue weighted by molar-refractivity contribution is -0.112. The first-order chi connectivity index (χ1) is 15.3. The van der Waals surface area contributed by atoms with Crippen LogP contribution in [0.15, 0.2) is 40.8 Å². The van der Waals surface area contributed by atoms with E-state index in [0.717, 1.165) is 49.2 Å². The summed E-state index contributed by atoms with van der Waals surface area (Å²) in [6.45, 7) is 7.96. The minimum atomic E-state index is -3.61. The van der Waals surface area contributed by atoms with E-state index >= 15 is 0 Å². The summed E-state index contributed by atoms with van der Waals surface area (Å²) in [5, 5.41) is 12.2. The van der Waals surface area contributed by atoms with Crippen LogP contribution in [0.4, 0.5) is 5.69 Å². The zero-order valence-electron chi connectivity index (χ0n) is 18.9. The van der Waals surface area contributed by atoms with Crippen molar-refractivity contribution in [2.45, 2.75) is 57.9 Å². The summed E-state index contributed by atoms with van der Waals surface area (Å²) in [7, 11) is -3.61. The van der Waals surface area contributed by atoms with Gasteiger partial charge < -0.3 is 9.88 Å². The molecule has 0 bridgehead atoms. The molecule has 1 fully saturated rings. The van der Waals surface area contributed by atoms with Gasteiger partial charge in [0.1, 0.15) is 11.6 Å². The molecule has 1 aliphatic rings. The Bertz CT molecular complexity index is 1170. The van der Waals surface area contributed by atoms with E-state index in [1.165, 1.54) is 16.4 Å². The van der Waals surface area contributed by atoms with Crippen LogP contribution in [0, 0.1) is 25.2 Å². The number of carbonyl (C=O) groups excluding carboxylic acids is 1. The van der Waals surface area contributed by atoms with E-state index in [1.54, 1.807) is 18.2 Å². The Morgan fingerprint density at radius 1 is 1.19 bits per heavy atom. The Kier molecular flexibility index (Phi) is 7.54. The molecule has 1 aliphatic heterocycles. The molecule has 32 heavy (non-hydrogen) atoms. The summed E-state index contributed by atoms with van der Waals surface area (Å²) in [4.78, 5) is 12.9. The third-order valence-corrected chi connectivity index (χ3v) is 7.66. The van der Waals surface area contributed by atoms with Gasteiger partial charge in [-0.3, -0.25) is 4.79 Å². The zero-order chi connectivity index (χ0) is 23.3. The molecule has 2 heterocycles. The highest BCUT2D eigenvalue weighted by Crippen LogP contribution is 2.24. The van der Waals surface area contributed by atoms with Gasteiger partial charge in [0.05, 0.1) is 4.90 Å². The number of aryl methyl sites for hydroxylation is 1. The summed E-state index contributed by atoms with van der Waals surface area (Å²) < 4.78 is 29.5. The topological polar surface area (TPSA) is 95.2 Å². The van der Waals surface area contributed by atoms with Gasteiger partial charge in [0.15, 0.2) is 0 Å². The van der Waals surface area contributed by atoms with Crippen molar-refractivity contribution in [3.63, 3.8) is 0 Å². The monoisotopic (exact) mass is 454 g/mol. The zero-order valence-corrected chi connectivity index (χ0v) is 19.7. The number of benzene rings is 1. The highest BCUT2D eigenvalue weighted by molar-refractivity contribution is 7.89. The molecule has 170 valence electrons. The molecule has 3 rings (SSSR count). The van der Waals surface area contributed by atoms with Crippen LogP contribution < -0.4 is 5.32 Å². The molecule has 0 atom stereocenters. The number of amides is 1. The SMILES string of the molecule is CCCn1c(C)cc(C=C(C#N)C(=O)Nc2cccc(S(=O)(=O)N3CCCCC3)c2)c1C. The molecule has 1 N–H and O–H groups in total. The smallest absolute Gasteiger partial charge is 0.266 e. The average Bonchev–Trinajstić information content (AvgIpc) is 3.05. The van der Waals surface area contributed by atoms with Crippen molar-refractivity contribution in [3.8, 4) is 6.07 Å². The van der Waals surface area contributed by atoms with Crippen LogP contribution in [-0.2, 0) is 21.4 Å². The lowest BCUT2D eigenvalue weighted by Crippen LogP contribution is -2.35. The maximum Gasteiger partial charge on any atom is 0.266 e. The van der Waals surface area contributed by atoms with Crippen molar-refractivity contribution >= 4 is 27.7 Å². The highest BCUT2D eigenvalue weighted by atomic mass is 32.2. The number of anilines is 1. The van der Waals surface area contributed by atoms with Crippen molar-refractivity contribution in [1.82, 2.24) is 8.87 Å². The molecule has 0 aliphatic carbocycles. The second-order valence-corrected chi connectivity index (χ2v) is 10.0. The van der Waals surface area contributed by atoms with Crippen molar-refractivity contribution in [2.75, 3.05) is 18.4 Å². The van der Waals surface area contributed by atoms with Crippen LogP contribution in [0.3, 0.4) is 0 Å². The van der Waals surface area contributed by atoms with E-state index in [4.69, 9.17) is 0 Å². The highest BCUT2D eigenvalue weighted by Gasteiger charge is 2.26. The number of sulfonamides is 1. The normalized spacial score (nSPS) is 15.4. The van der Waals surface area contributed by atoms with Crippen LogP contribution >= 0.6 is 0 Å². The fourth-order valence-electron chi connectivity index (χ4n) is 4.03. The van der Waals surface area contributed by atoms with E-state index in [-0.39, 0.29) is 10.5 Å². The molecule has 0 saturated carbocycles. The largest absolute Gasteiger partial charge is 0.349 e. The van der Waals surface area contributed by atoms with Crippen LogP contribution in [0.1, 0.15) is 49.6 Å². The third kappa shape index (κ3) is 5.12. The van der Waals surface area contributed by atoms with Crippen LogP contribution in [0.5, 0.6) is 0 Å². The summed E-state index contributed by atoms with van der Waals surface area (Å²) in [6, 6.07) is 10.1. The average molecular weight is 455 g/mol. The van der Waals surface area contributed by atoms with E-state index in [1.807, 2.05) is 26.0 Å². The van der Waals surface area contributed by atoms with Gasteiger partial charge in [-0.1, -0.05) is 19.4 Å². The number of rotatable bonds is 7. The quantitative estimate of drug-likeness (QED) is 0.500. The summed E-state index contributed by atoms with van der Waals surface area (Å²) in [5.41, 5.74) is 3.20. The Balaban J connectivity index is 1.82. The van der Waals surface area contributed by atoms with Gasteiger partial charge in [-0.2, -0.15) is 9.57 Å². The Labute approximate surface area is 190 Å². The van der Waals surface area contributed by atoms with E-state index in [0.29, 0.717) is 18.8 Å². The Hall–Kier alpha value is -2.89. The summed E-state index contributed by atoms with van der Waals surface area (Å²) in [6.07, 6.45) is 5.31. The predicted octanol–water partition coefficient (Wildman–Crippen LogP) is 4.24. The van der Waals surface area contributed by atoms with Crippen LogP contribution in [0.25, 0.3) is 6.08 Å². The lowest BCUT2D eigenvalue weighted by Gasteiger charge is -2.26. The van der Waals surface area contributed by atoms with Crippen molar-refractivity contribution in [1.29, 1.82) is 5.26 Å². The van der Waals surface area contributed by atoms with Gasteiger partial charge in [-0.15, -0.1) is 0 Å². The summed E-state index contributed by atoms with van der Waals surface area (Å²) in [5.74, 6) is -0.569. The Morgan fingerprint density at radius 3 is 2.56 bits per heavy atom. The number of hydrogen-bond donors (Lipinski definition) is 1. The second-order valence-electron chi connectivity index (χ2n) is 8.09. The van der Waals surface area contributed by atoms with Gasteiger partial charge in [-0.05, 0) is 69.0 Å². The van der Waals surface area contributed by atoms with Gasteiger partial charge in [0, 0.05) is 36.7 Å². The number of nitriles is 1. The van der Waals surface area contributed by atoms with Gasteiger partial charge in [0.25, 0.3) is 5.91 Å².